The highest BCUT2D eigenvalue weighted by Gasteiger charge is 2.64. The predicted octanol–water partition coefficient (Wildman–Crippen LogP) is 1.84. The fraction of sp³-hybridized carbons (Fsp3) is 1.00. The van der Waals surface area contributed by atoms with Crippen LogP contribution in [0.2, 0.25) is 0 Å². The molecule has 1 heterocycles. The van der Waals surface area contributed by atoms with E-state index in [4.69, 9.17) is 17.7 Å². The summed E-state index contributed by atoms with van der Waals surface area (Å²) in [5, 5.41) is 2.68. The van der Waals surface area contributed by atoms with Crippen molar-refractivity contribution in [2.45, 2.75) is 39.0 Å². The summed E-state index contributed by atoms with van der Waals surface area (Å²) in [5.41, 5.74) is -2.31. The highest BCUT2D eigenvalue weighted by atomic mass is 28.4. The summed E-state index contributed by atoms with van der Waals surface area (Å²) in [7, 11) is -3.80. The maximum Gasteiger partial charge on any atom is 0.680 e. The zero-order valence-corrected chi connectivity index (χ0v) is 13.0. The van der Waals surface area contributed by atoms with Gasteiger partial charge in [0.25, 0.3) is 0 Å². The first-order chi connectivity index (χ1) is 9.35. The summed E-state index contributed by atoms with van der Waals surface area (Å²) in [6, 6.07) is 0. The molecule has 9 heteroatoms. The number of alkyl halides is 3. The van der Waals surface area contributed by atoms with E-state index in [2.05, 4.69) is 5.32 Å². The van der Waals surface area contributed by atoms with Crippen molar-refractivity contribution >= 4 is 9.05 Å². The average molecular weight is 317 g/mol. The summed E-state index contributed by atoms with van der Waals surface area (Å²) < 4.78 is 61.4. The Morgan fingerprint density at radius 3 is 1.85 bits per heavy atom. The summed E-state index contributed by atoms with van der Waals surface area (Å²) in [6.45, 7) is 5.38. The second-order valence-corrected chi connectivity index (χ2v) is 6.39. The van der Waals surface area contributed by atoms with E-state index in [0.717, 1.165) is 0 Å². The zero-order valence-electron chi connectivity index (χ0n) is 12.0. The van der Waals surface area contributed by atoms with E-state index >= 15 is 0 Å². The van der Waals surface area contributed by atoms with E-state index in [0.29, 0.717) is 0 Å². The summed E-state index contributed by atoms with van der Waals surface area (Å²) in [6.07, 6.45) is -4.70. The van der Waals surface area contributed by atoms with Crippen LogP contribution in [0.25, 0.3) is 0 Å². The van der Waals surface area contributed by atoms with Gasteiger partial charge in [-0.25, -0.2) is 0 Å². The molecule has 1 atom stereocenters. The predicted molar refractivity (Wildman–Crippen MR) is 68.0 cm³/mol. The number of hydrogen-bond donors (Lipinski definition) is 1. The number of halogens is 3. The van der Waals surface area contributed by atoms with Gasteiger partial charge in [-0.3, -0.25) is 0 Å². The molecule has 1 N–H and O–H groups in total. The van der Waals surface area contributed by atoms with Crippen LogP contribution in [0.4, 0.5) is 13.2 Å². The topological polar surface area (TPSA) is 49.0 Å². The molecular formula is C11H22F3NO4Si. The molecule has 1 saturated heterocycles. The van der Waals surface area contributed by atoms with Crippen molar-refractivity contribution in [1.29, 1.82) is 0 Å². The van der Waals surface area contributed by atoms with Gasteiger partial charge in [0.05, 0.1) is 0 Å². The molecule has 120 valence electrons. The minimum absolute atomic E-state index is 0.160. The van der Waals surface area contributed by atoms with Gasteiger partial charge in [-0.2, -0.15) is 13.2 Å². The summed E-state index contributed by atoms with van der Waals surface area (Å²) in [4.78, 5) is 0. The third kappa shape index (κ3) is 3.92. The molecule has 0 amide bonds. The third-order valence-corrected chi connectivity index (χ3v) is 5.48. The molecule has 20 heavy (non-hydrogen) atoms. The molecule has 0 aliphatic carbocycles. The minimum Gasteiger partial charge on any atom is -0.351 e. The normalized spacial score (nSPS) is 24.3. The molecule has 1 fully saturated rings. The van der Waals surface area contributed by atoms with Gasteiger partial charge in [0.1, 0.15) is 0 Å². The van der Waals surface area contributed by atoms with Crippen LogP contribution in [-0.4, -0.2) is 53.7 Å². The lowest BCUT2D eigenvalue weighted by atomic mass is 10.0. The molecule has 1 rings (SSSR count). The van der Waals surface area contributed by atoms with E-state index in [1.807, 2.05) is 0 Å². The van der Waals surface area contributed by atoms with E-state index in [-0.39, 0.29) is 39.3 Å². The summed E-state index contributed by atoms with van der Waals surface area (Å²) in [5.74, 6) is 0. The molecular weight excluding hydrogens is 295 g/mol. The SMILES string of the molecule is CCO[Si](OCC)(OCC)OC1(C(F)(F)F)CCNC1. The van der Waals surface area contributed by atoms with E-state index < -0.39 is 20.8 Å². The van der Waals surface area contributed by atoms with Crippen LogP contribution in [0.3, 0.4) is 0 Å². The van der Waals surface area contributed by atoms with Gasteiger partial charge in [-0.15, -0.1) is 0 Å². The Labute approximate surface area is 118 Å². The number of nitrogens with one attached hydrogen (secondary N) is 1. The van der Waals surface area contributed by atoms with Gasteiger partial charge in [0, 0.05) is 26.4 Å². The van der Waals surface area contributed by atoms with Gasteiger partial charge < -0.3 is 23.0 Å². The van der Waals surface area contributed by atoms with Crippen LogP contribution >= 0.6 is 0 Å². The standard InChI is InChI=1S/C11H22F3NO4Si/c1-4-16-20(17-5-2,18-6-3)19-10(11(12,13)14)7-8-15-9-10/h15H,4-9H2,1-3H3. The quantitative estimate of drug-likeness (QED) is 0.692. The van der Waals surface area contributed by atoms with E-state index in [1.165, 1.54) is 0 Å². The zero-order chi connectivity index (χ0) is 15.3. The first-order valence-corrected chi connectivity index (χ1v) is 8.37. The van der Waals surface area contributed by atoms with Crippen molar-refractivity contribution in [3.63, 3.8) is 0 Å². The first-order valence-electron chi connectivity index (χ1n) is 6.74. The lowest BCUT2D eigenvalue weighted by molar-refractivity contribution is -0.263. The molecule has 1 aliphatic heterocycles. The maximum atomic E-state index is 13.4. The van der Waals surface area contributed by atoms with E-state index in [9.17, 15) is 13.2 Å². The fourth-order valence-electron chi connectivity index (χ4n) is 2.04. The minimum atomic E-state index is -4.51. The monoisotopic (exact) mass is 317 g/mol. The molecule has 0 radical (unpaired) electrons. The lowest BCUT2D eigenvalue weighted by Crippen LogP contribution is -2.61. The molecule has 0 aromatic heterocycles. The van der Waals surface area contributed by atoms with Crippen molar-refractivity contribution in [2.24, 2.45) is 0 Å². The Morgan fingerprint density at radius 1 is 1.05 bits per heavy atom. The van der Waals surface area contributed by atoms with Gasteiger partial charge in [-0.1, -0.05) is 0 Å². The molecule has 0 spiro atoms. The van der Waals surface area contributed by atoms with Gasteiger partial charge in [0.2, 0.25) is 0 Å². The maximum absolute atomic E-state index is 13.4. The van der Waals surface area contributed by atoms with Gasteiger partial charge in [-0.05, 0) is 33.7 Å². The molecule has 0 aromatic carbocycles. The smallest absolute Gasteiger partial charge is 0.351 e. The molecule has 0 saturated carbocycles. The molecule has 0 bridgehead atoms. The van der Waals surface area contributed by atoms with Crippen LogP contribution in [0.1, 0.15) is 27.2 Å². The Kier molecular flexibility index (Phi) is 6.42. The molecule has 1 unspecified atom stereocenters. The van der Waals surface area contributed by atoms with Gasteiger partial charge in [0.15, 0.2) is 5.60 Å². The Morgan fingerprint density at radius 2 is 1.55 bits per heavy atom. The van der Waals surface area contributed by atoms with E-state index in [1.54, 1.807) is 20.8 Å². The lowest BCUT2D eigenvalue weighted by Gasteiger charge is -2.38. The van der Waals surface area contributed by atoms with Crippen molar-refractivity contribution < 1.29 is 30.9 Å². The fourth-order valence-corrected chi connectivity index (χ4v) is 4.29. The Bertz CT molecular complexity index is 281. The third-order valence-electron chi connectivity index (χ3n) is 2.92. The number of rotatable bonds is 8. The van der Waals surface area contributed by atoms with Crippen LogP contribution in [-0.2, 0) is 17.7 Å². The average Bonchev–Trinajstić information content (AvgIpc) is 2.79. The van der Waals surface area contributed by atoms with Crippen molar-refractivity contribution in [1.82, 2.24) is 5.32 Å². The highest BCUT2D eigenvalue weighted by molar-refractivity contribution is 6.53. The van der Waals surface area contributed by atoms with Crippen LogP contribution in [0.5, 0.6) is 0 Å². The molecule has 0 aromatic rings. The van der Waals surface area contributed by atoms with Crippen LogP contribution in [0, 0.1) is 0 Å². The van der Waals surface area contributed by atoms with Crippen molar-refractivity contribution in [3.8, 4) is 0 Å². The van der Waals surface area contributed by atoms with Crippen LogP contribution in [0.15, 0.2) is 0 Å². The van der Waals surface area contributed by atoms with Gasteiger partial charge >= 0.3 is 15.2 Å². The van der Waals surface area contributed by atoms with Crippen molar-refractivity contribution in [2.75, 3.05) is 32.9 Å². The van der Waals surface area contributed by atoms with Crippen molar-refractivity contribution in [3.05, 3.63) is 0 Å². The second-order valence-electron chi connectivity index (χ2n) is 4.32. The second kappa shape index (κ2) is 7.19. The van der Waals surface area contributed by atoms with Crippen LogP contribution < -0.4 is 5.32 Å². The first kappa shape index (κ1) is 17.9. The Hall–Kier alpha value is -0.193. The molecule has 1 aliphatic rings. The molecule has 5 nitrogen and oxygen atoms in total. The Balaban J connectivity index is 3.00. The number of hydrogen-bond acceptors (Lipinski definition) is 5. The summed E-state index contributed by atoms with van der Waals surface area (Å²) >= 11 is 0. The highest BCUT2D eigenvalue weighted by Crippen LogP contribution is 2.40. The largest absolute Gasteiger partial charge is 0.680 e.